The van der Waals surface area contributed by atoms with E-state index in [1.807, 2.05) is 24.3 Å². The fraction of sp³-hybridized carbons (Fsp3) is 0.0588. The third-order valence-electron chi connectivity index (χ3n) is 3.53. The Morgan fingerprint density at radius 3 is 2.64 bits per heavy atom. The van der Waals surface area contributed by atoms with Gasteiger partial charge >= 0.3 is 5.97 Å². The lowest BCUT2D eigenvalue weighted by molar-refractivity contribution is 0.0698. The van der Waals surface area contributed by atoms with E-state index >= 15 is 0 Å². The largest absolute Gasteiger partial charge is 0.481 e. The number of carboxylic acid groups (broad SMARTS) is 1. The number of rotatable bonds is 3. The molecule has 0 saturated carbocycles. The van der Waals surface area contributed by atoms with Crippen LogP contribution >= 0.6 is 0 Å². The molecule has 3 N–H and O–H groups in total. The molecule has 1 aromatic heterocycles. The number of carbonyl (C=O) groups is 1. The van der Waals surface area contributed by atoms with Crippen molar-refractivity contribution in [2.75, 3.05) is 12.8 Å². The summed E-state index contributed by atoms with van der Waals surface area (Å²) < 4.78 is 5.23. The summed E-state index contributed by atoms with van der Waals surface area (Å²) >= 11 is 0. The second kappa shape index (κ2) is 5.37. The molecular formula is C17H14N2O3. The highest BCUT2D eigenvalue weighted by atomic mass is 16.5. The zero-order chi connectivity index (χ0) is 15.7. The van der Waals surface area contributed by atoms with Crippen LogP contribution in [0.3, 0.4) is 0 Å². The highest BCUT2D eigenvalue weighted by molar-refractivity contribution is 6.03. The molecule has 3 aromatic rings. The number of nitrogen functional groups attached to an aromatic ring is 1. The number of fused-ring (bicyclic) bond motifs is 1. The van der Waals surface area contributed by atoms with Crippen molar-refractivity contribution in [3.8, 4) is 17.0 Å². The zero-order valence-corrected chi connectivity index (χ0v) is 11.9. The van der Waals surface area contributed by atoms with Crippen LogP contribution in [0.15, 0.2) is 48.5 Å². The van der Waals surface area contributed by atoms with Crippen molar-refractivity contribution in [2.45, 2.75) is 0 Å². The Morgan fingerprint density at radius 2 is 1.91 bits per heavy atom. The van der Waals surface area contributed by atoms with E-state index in [9.17, 15) is 9.90 Å². The van der Waals surface area contributed by atoms with Gasteiger partial charge in [0.2, 0.25) is 5.88 Å². The molecule has 0 fully saturated rings. The number of carboxylic acids is 1. The normalized spacial score (nSPS) is 10.6. The predicted octanol–water partition coefficient (Wildman–Crippen LogP) is 3.19. The van der Waals surface area contributed by atoms with Gasteiger partial charge < -0.3 is 15.6 Å². The number of hydrogen-bond acceptors (Lipinski definition) is 4. The number of aromatic carboxylic acids is 1. The van der Waals surface area contributed by atoms with Crippen LogP contribution in [0.1, 0.15) is 10.4 Å². The second-order valence-corrected chi connectivity index (χ2v) is 4.80. The maximum Gasteiger partial charge on any atom is 0.337 e. The molecule has 0 unspecified atom stereocenters. The van der Waals surface area contributed by atoms with Crippen molar-refractivity contribution < 1.29 is 14.6 Å². The molecule has 2 aromatic carbocycles. The lowest BCUT2D eigenvalue weighted by Gasteiger charge is -2.12. The molecule has 0 aliphatic heterocycles. The van der Waals surface area contributed by atoms with Gasteiger partial charge in [-0.1, -0.05) is 30.3 Å². The van der Waals surface area contributed by atoms with Crippen LogP contribution in [0.2, 0.25) is 0 Å². The summed E-state index contributed by atoms with van der Waals surface area (Å²) in [6.45, 7) is 0. The average Bonchev–Trinajstić information content (AvgIpc) is 2.53. The van der Waals surface area contributed by atoms with Crippen molar-refractivity contribution in [3.05, 3.63) is 54.1 Å². The van der Waals surface area contributed by atoms with Gasteiger partial charge in [-0.3, -0.25) is 0 Å². The highest BCUT2D eigenvalue weighted by Crippen LogP contribution is 2.35. The Kier molecular flexibility index (Phi) is 3.39. The quantitative estimate of drug-likeness (QED) is 0.724. The number of methoxy groups -OCH3 is 1. The number of anilines is 1. The van der Waals surface area contributed by atoms with Gasteiger partial charge in [0.25, 0.3) is 0 Å². The van der Waals surface area contributed by atoms with Gasteiger partial charge in [0.1, 0.15) is 0 Å². The molecule has 3 rings (SSSR count). The highest BCUT2D eigenvalue weighted by Gasteiger charge is 2.15. The Balaban J connectivity index is 2.35. The summed E-state index contributed by atoms with van der Waals surface area (Å²) in [5, 5.41) is 10.1. The van der Waals surface area contributed by atoms with Gasteiger partial charge in [-0.2, -0.15) is 0 Å². The standard InChI is InChI=1S/C17H14N2O3/c1-22-15-9-13(10-5-2-3-8-14(10)19-15)11-6-4-7-12(16(11)18)17(20)21/h2-9H,18H2,1H3,(H,20,21). The third-order valence-corrected chi connectivity index (χ3v) is 3.53. The monoisotopic (exact) mass is 294 g/mol. The van der Waals surface area contributed by atoms with Crippen molar-refractivity contribution >= 4 is 22.6 Å². The summed E-state index contributed by atoms with van der Waals surface area (Å²) in [6, 6.07) is 14.3. The van der Waals surface area contributed by atoms with Crippen LogP contribution in [-0.4, -0.2) is 23.2 Å². The Morgan fingerprint density at radius 1 is 1.14 bits per heavy atom. The van der Waals surface area contributed by atoms with Crippen LogP contribution in [0.5, 0.6) is 5.88 Å². The minimum atomic E-state index is -1.05. The van der Waals surface area contributed by atoms with Crippen molar-refractivity contribution in [3.63, 3.8) is 0 Å². The fourth-order valence-corrected chi connectivity index (χ4v) is 2.47. The molecule has 22 heavy (non-hydrogen) atoms. The van der Waals surface area contributed by atoms with Crippen LogP contribution in [-0.2, 0) is 0 Å². The van der Waals surface area contributed by atoms with Crippen LogP contribution < -0.4 is 10.5 Å². The van der Waals surface area contributed by atoms with Gasteiger partial charge in [0.15, 0.2) is 0 Å². The summed E-state index contributed by atoms with van der Waals surface area (Å²) in [6.07, 6.45) is 0. The Labute approximate surface area is 127 Å². The molecule has 5 heteroatoms. The molecule has 0 radical (unpaired) electrons. The van der Waals surface area contributed by atoms with Crippen molar-refractivity contribution in [1.82, 2.24) is 4.98 Å². The second-order valence-electron chi connectivity index (χ2n) is 4.80. The van der Waals surface area contributed by atoms with E-state index in [4.69, 9.17) is 10.5 Å². The van der Waals surface area contributed by atoms with Gasteiger partial charge in [0, 0.05) is 17.0 Å². The molecule has 0 bridgehead atoms. The summed E-state index contributed by atoms with van der Waals surface area (Å²) in [5.74, 6) is -0.599. The van der Waals surface area contributed by atoms with Gasteiger partial charge in [-0.25, -0.2) is 9.78 Å². The zero-order valence-electron chi connectivity index (χ0n) is 11.9. The first-order chi connectivity index (χ1) is 10.6. The van der Waals surface area contributed by atoms with Crippen LogP contribution in [0.4, 0.5) is 5.69 Å². The predicted molar refractivity (Wildman–Crippen MR) is 85.1 cm³/mol. The molecule has 0 spiro atoms. The topological polar surface area (TPSA) is 85.4 Å². The molecule has 0 aliphatic carbocycles. The van der Waals surface area contributed by atoms with Crippen molar-refractivity contribution in [1.29, 1.82) is 0 Å². The molecule has 0 aliphatic rings. The molecular weight excluding hydrogens is 280 g/mol. The Hall–Kier alpha value is -3.08. The minimum Gasteiger partial charge on any atom is -0.481 e. The van der Waals surface area contributed by atoms with E-state index in [0.717, 1.165) is 16.5 Å². The number of pyridine rings is 1. The van der Waals surface area contributed by atoms with Crippen LogP contribution in [0, 0.1) is 0 Å². The maximum atomic E-state index is 11.3. The van der Waals surface area contributed by atoms with Crippen LogP contribution in [0.25, 0.3) is 22.0 Å². The molecule has 0 amide bonds. The first-order valence-electron chi connectivity index (χ1n) is 6.67. The minimum absolute atomic E-state index is 0.0809. The van der Waals surface area contributed by atoms with E-state index < -0.39 is 5.97 Å². The van der Waals surface area contributed by atoms with E-state index in [1.54, 1.807) is 18.2 Å². The van der Waals surface area contributed by atoms with Gasteiger partial charge in [-0.15, -0.1) is 0 Å². The Bertz CT molecular complexity index is 875. The van der Waals surface area contributed by atoms with E-state index in [-0.39, 0.29) is 11.3 Å². The number of para-hydroxylation sites is 2. The number of nitrogens with zero attached hydrogens (tertiary/aromatic N) is 1. The number of benzene rings is 2. The fourth-order valence-electron chi connectivity index (χ4n) is 2.47. The summed E-state index contributed by atoms with van der Waals surface area (Å²) in [5.41, 5.74) is 8.57. The lowest BCUT2D eigenvalue weighted by atomic mass is 9.97. The number of aromatic nitrogens is 1. The van der Waals surface area contributed by atoms with E-state index in [0.29, 0.717) is 11.4 Å². The number of hydrogen-bond donors (Lipinski definition) is 2. The smallest absolute Gasteiger partial charge is 0.337 e. The van der Waals surface area contributed by atoms with E-state index in [1.165, 1.54) is 13.2 Å². The molecule has 1 heterocycles. The lowest BCUT2D eigenvalue weighted by Crippen LogP contribution is -2.04. The molecule has 0 atom stereocenters. The van der Waals surface area contributed by atoms with Gasteiger partial charge in [-0.05, 0) is 17.7 Å². The first kappa shape index (κ1) is 13.9. The average molecular weight is 294 g/mol. The third kappa shape index (κ3) is 2.22. The maximum absolute atomic E-state index is 11.3. The molecule has 0 saturated heterocycles. The number of nitrogens with two attached hydrogens (primary N) is 1. The number of ether oxygens (including phenoxy) is 1. The summed E-state index contributed by atoms with van der Waals surface area (Å²) in [7, 11) is 1.54. The molecule has 110 valence electrons. The molecule has 5 nitrogen and oxygen atoms in total. The first-order valence-corrected chi connectivity index (χ1v) is 6.67. The van der Waals surface area contributed by atoms with Gasteiger partial charge in [0.05, 0.1) is 23.9 Å². The summed E-state index contributed by atoms with van der Waals surface area (Å²) in [4.78, 5) is 15.7. The van der Waals surface area contributed by atoms with Crippen molar-refractivity contribution in [2.24, 2.45) is 0 Å². The SMILES string of the molecule is COc1cc(-c2cccc(C(=O)O)c2N)c2ccccc2n1. The van der Waals surface area contributed by atoms with E-state index in [2.05, 4.69) is 4.98 Å².